The summed E-state index contributed by atoms with van der Waals surface area (Å²) >= 11 is 5.84. The molecule has 0 spiro atoms. The van der Waals surface area contributed by atoms with Crippen molar-refractivity contribution in [2.24, 2.45) is 0 Å². The highest BCUT2D eigenvalue weighted by Gasteiger charge is 2.12. The van der Waals surface area contributed by atoms with E-state index in [-0.39, 0.29) is 11.8 Å². The Morgan fingerprint density at radius 2 is 1.79 bits per heavy atom. The van der Waals surface area contributed by atoms with Crippen molar-refractivity contribution < 1.29 is 9.59 Å². The SMILES string of the molecule is C=CCNC(=O)c1ccccc1NC(=O)CCc1ccc(Cl)cc1. The highest BCUT2D eigenvalue weighted by Crippen LogP contribution is 2.16. The summed E-state index contributed by atoms with van der Waals surface area (Å²) in [7, 11) is 0. The lowest BCUT2D eigenvalue weighted by molar-refractivity contribution is -0.116. The molecule has 0 bridgehead atoms. The molecule has 124 valence electrons. The van der Waals surface area contributed by atoms with Crippen LogP contribution in [-0.2, 0) is 11.2 Å². The summed E-state index contributed by atoms with van der Waals surface area (Å²) in [5.41, 5.74) is 1.96. The predicted octanol–water partition coefficient (Wildman–Crippen LogP) is 3.83. The van der Waals surface area contributed by atoms with Crippen LogP contribution in [0.3, 0.4) is 0 Å². The molecule has 0 unspecified atom stereocenters. The van der Waals surface area contributed by atoms with E-state index in [9.17, 15) is 9.59 Å². The molecule has 0 aromatic heterocycles. The van der Waals surface area contributed by atoms with Crippen LogP contribution in [0.5, 0.6) is 0 Å². The van der Waals surface area contributed by atoms with Crippen molar-refractivity contribution in [1.29, 1.82) is 0 Å². The van der Waals surface area contributed by atoms with Crippen molar-refractivity contribution in [3.05, 3.63) is 77.3 Å². The van der Waals surface area contributed by atoms with Gasteiger partial charge in [0.1, 0.15) is 0 Å². The molecule has 2 amide bonds. The highest BCUT2D eigenvalue weighted by molar-refractivity contribution is 6.30. The normalized spacial score (nSPS) is 10.0. The van der Waals surface area contributed by atoms with Gasteiger partial charge in [-0.3, -0.25) is 9.59 Å². The van der Waals surface area contributed by atoms with E-state index in [1.165, 1.54) is 0 Å². The monoisotopic (exact) mass is 342 g/mol. The smallest absolute Gasteiger partial charge is 0.253 e. The lowest BCUT2D eigenvalue weighted by atomic mass is 10.1. The van der Waals surface area contributed by atoms with E-state index in [2.05, 4.69) is 17.2 Å². The second-order valence-electron chi connectivity index (χ2n) is 5.22. The third-order valence-electron chi connectivity index (χ3n) is 3.41. The van der Waals surface area contributed by atoms with Crippen molar-refractivity contribution in [3.63, 3.8) is 0 Å². The number of rotatable bonds is 7. The van der Waals surface area contributed by atoms with Gasteiger partial charge in [0.15, 0.2) is 0 Å². The summed E-state index contributed by atoms with van der Waals surface area (Å²) < 4.78 is 0. The Morgan fingerprint density at radius 3 is 2.50 bits per heavy atom. The molecule has 0 radical (unpaired) electrons. The lowest BCUT2D eigenvalue weighted by Crippen LogP contribution is -2.25. The lowest BCUT2D eigenvalue weighted by Gasteiger charge is -2.11. The maximum absolute atomic E-state index is 12.2. The minimum Gasteiger partial charge on any atom is -0.349 e. The third-order valence-corrected chi connectivity index (χ3v) is 3.66. The number of para-hydroxylation sites is 1. The van der Waals surface area contributed by atoms with Gasteiger partial charge in [0.05, 0.1) is 11.3 Å². The van der Waals surface area contributed by atoms with E-state index in [1.807, 2.05) is 12.1 Å². The van der Waals surface area contributed by atoms with Crippen LogP contribution in [0.4, 0.5) is 5.69 Å². The summed E-state index contributed by atoms with van der Waals surface area (Å²) in [5.74, 6) is -0.391. The summed E-state index contributed by atoms with van der Waals surface area (Å²) in [4.78, 5) is 24.3. The van der Waals surface area contributed by atoms with Crippen LogP contribution in [-0.4, -0.2) is 18.4 Å². The molecule has 0 aliphatic carbocycles. The fraction of sp³-hybridized carbons (Fsp3) is 0.158. The Labute approximate surface area is 146 Å². The van der Waals surface area contributed by atoms with Crippen LogP contribution in [0.25, 0.3) is 0 Å². The average Bonchev–Trinajstić information content (AvgIpc) is 2.59. The van der Waals surface area contributed by atoms with Crippen molar-refractivity contribution in [2.75, 3.05) is 11.9 Å². The van der Waals surface area contributed by atoms with Gasteiger partial charge in [-0.25, -0.2) is 0 Å². The Bertz CT molecular complexity index is 726. The van der Waals surface area contributed by atoms with Gasteiger partial charge >= 0.3 is 0 Å². The van der Waals surface area contributed by atoms with Gasteiger partial charge in [-0.05, 0) is 36.2 Å². The molecule has 0 atom stereocenters. The molecule has 5 heteroatoms. The zero-order valence-corrected chi connectivity index (χ0v) is 14.0. The first-order valence-electron chi connectivity index (χ1n) is 7.62. The minimum absolute atomic E-state index is 0.145. The van der Waals surface area contributed by atoms with Gasteiger partial charge in [0.25, 0.3) is 5.91 Å². The zero-order valence-electron chi connectivity index (χ0n) is 13.2. The number of carbonyl (C=O) groups is 2. The molecule has 24 heavy (non-hydrogen) atoms. The fourth-order valence-electron chi connectivity index (χ4n) is 2.17. The van der Waals surface area contributed by atoms with Crippen LogP contribution in [0, 0.1) is 0 Å². The van der Waals surface area contributed by atoms with Gasteiger partial charge in [-0.2, -0.15) is 0 Å². The number of anilines is 1. The fourth-order valence-corrected chi connectivity index (χ4v) is 2.30. The number of benzene rings is 2. The third kappa shape index (κ3) is 5.25. The molecule has 0 heterocycles. The van der Waals surface area contributed by atoms with E-state index in [1.54, 1.807) is 42.5 Å². The van der Waals surface area contributed by atoms with Crippen LogP contribution >= 0.6 is 11.6 Å². The number of hydrogen-bond acceptors (Lipinski definition) is 2. The quantitative estimate of drug-likeness (QED) is 0.751. The van der Waals surface area contributed by atoms with Gasteiger partial charge in [-0.15, -0.1) is 6.58 Å². The maximum atomic E-state index is 12.2. The molecule has 2 N–H and O–H groups in total. The number of nitrogens with one attached hydrogen (secondary N) is 2. The molecule has 0 aliphatic rings. The molecule has 0 fully saturated rings. The first-order chi connectivity index (χ1) is 11.6. The summed E-state index contributed by atoms with van der Waals surface area (Å²) in [6.07, 6.45) is 2.53. The van der Waals surface area contributed by atoms with Crippen molar-refractivity contribution in [1.82, 2.24) is 5.32 Å². The topological polar surface area (TPSA) is 58.2 Å². The van der Waals surface area contributed by atoms with Crippen LogP contribution in [0.2, 0.25) is 5.02 Å². The standard InChI is InChI=1S/C19H19ClN2O2/c1-2-13-21-19(24)16-5-3-4-6-17(16)22-18(23)12-9-14-7-10-15(20)11-8-14/h2-8,10-11H,1,9,12-13H2,(H,21,24)(H,22,23). The molecule has 2 rings (SSSR count). The largest absolute Gasteiger partial charge is 0.349 e. The Hall–Kier alpha value is -2.59. The van der Waals surface area contributed by atoms with E-state index in [0.717, 1.165) is 5.56 Å². The van der Waals surface area contributed by atoms with Crippen LogP contribution in [0.1, 0.15) is 22.3 Å². The summed E-state index contributed by atoms with van der Waals surface area (Å²) in [5, 5.41) is 6.17. The van der Waals surface area contributed by atoms with E-state index in [4.69, 9.17) is 11.6 Å². The van der Waals surface area contributed by atoms with Gasteiger partial charge in [-0.1, -0.05) is 41.9 Å². The van der Waals surface area contributed by atoms with Gasteiger partial charge in [0.2, 0.25) is 5.91 Å². The predicted molar refractivity (Wildman–Crippen MR) is 97.4 cm³/mol. The first kappa shape index (κ1) is 17.8. The van der Waals surface area contributed by atoms with Crippen LogP contribution < -0.4 is 10.6 Å². The Morgan fingerprint density at radius 1 is 1.08 bits per heavy atom. The number of halogens is 1. The first-order valence-corrected chi connectivity index (χ1v) is 8.00. The van der Waals surface area contributed by atoms with E-state index < -0.39 is 0 Å². The highest BCUT2D eigenvalue weighted by atomic mass is 35.5. The van der Waals surface area contributed by atoms with Gasteiger partial charge < -0.3 is 10.6 Å². The molecule has 2 aromatic carbocycles. The molecular weight excluding hydrogens is 324 g/mol. The summed E-state index contributed by atoms with van der Waals surface area (Å²) in [6, 6.07) is 14.3. The Kier molecular flexibility index (Phi) is 6.58. The van der Waals surface area contributed by atoms with E-state index >= 15 is 0 Å². The molecule has 0 saturated heterocycles. The second kappa shape index (κ2) is 8.89. The van der Waals surface area contributed by atoms with Crippen molar-refractivity contribution in [2.45, 2.75) is 12.8 Å². The van der Waals surface area contributed by atoms with Crippen LogP contribution in [0.15, 0.2) is 61.2 Å². The summed E-state index contributed by atoms with van der Waals surface area (Å²) in [6.45, 7) is 3.94. The minimum atomic E-state index is -0.247. The molecule has 4 nitrogen and oxygen atoms in total. The molecular formula is C19H19ClN2O2. The second-order valence-corrected chi connectivity index (χ2v) is 5.66. The maximum Gasteiger partial charge on any atom is 0.253 e. The number of hydrogen-bond donors (Lipinski definition) is 2. The number of aryl methyl sites for hydroxylation is 1. The average molecular weight is 343 g/mol. The van der Waals surface area contributed by atoms with Gasteiger partial charge in [0, 0.05) is 18.0 Å². The Balaban J connectivity index is 1.97. The number of amides is 2. The zero-order chi connectivity index (χ0) is 17.4. The van der Waals surface area contributed by atoms with E-state index in [0.29, 0.717) is 35.7 Å². The number of carbonyl (C=O) groups excluding carboxylic acids is 2. The molecule has 2 aromatic rings. The molecule has 0 saturated carbocycles. The van der Waals surface area contributed by atoms with Crippen molar-refractivity contribution >= 4 is 29.1 Å². The molecule has 0 aliphatic heterocycles. The van der Waals surface area contributed by atoms with Crippen molar-refractivity contribution in [3.8, 4) is 0 Å².